The van der Waals surface area contributed by atoms with E-state index in [-0.39, 0.29) is 10.9 Å². The summed E-state index contributed by atoms with van der Waals surface area (Å²) in [4.78, 5) is 2.72. The van der Waals surface area contributed by atoms with Gasteiger partial charge in [-0.2, -0.15) is 12.7 Å². The number of furan rings is 1. The second kappa shape index (κ2) is 4.60. The Morgan fingerprint density at radius 2 is 2.05 bits per heavy atom. The van der Waals surface area contributed by atoms with E-state index in [4.69, 9.17) is 4.42 Å². The molecular weight excluding hydrogens is 284 g/mol. The molecule has 3 rings (SSSR count). The SMILES string of the molecule is O=S(=O)(c1ccc[nH]1)N(c1ccco1)c1cccs1. The highest BCUT2D eigenvalue weighted by Gasteiger charge is 2.29. The van der Waals surface area contributed by atoms with Crippen molar-refractivity contribution in [3.8, 4) is 0 Å². The Kier molecular flexibility index (Phi) is 2.92. The molecule has 0 aliphatic heterocycles. The lowest BCUT2D eigenvalue weighted by Gasteiger charge is -2.18. The smallest absolute Gasteiger partial charge is 0.287 e. The summed E-state index contributed by atoms with van der Waals surface area (Å²) in [5, 5.41) is 2.51. The highest BCUT2D eigenvalue weighted by atomic mass is 32.2. The van der Waals surface area contributed by atoms with Crippen molar-refractivity contribution in [1.82, 2.24) is 4.98 Å². The van der Waals surface area contributed by atoms with Gasteiger partial charge in [0.2, 0.25) is 5.88 Å². The average molecular weight is 294 g/mol. The second-order valence-electron chi connectivity index (χ2n) is 3.71. The Balaban J connectivity index is 2.16. The third kappa shape index (κ3) is 2.06. The zero-order valence-corrected chi connectivity index (χ0v) is 11.3. The summed E-state index contributed by atoms with van der Waals surface area (Å²) in [7, 11) is -3.71. The number of aromatic amines is 1. The van der Waals surface area contributed by atoms with Gasteiger partial charge in [0, 0.05) is 12.3 Å². The Morgan fingerprint density at radius 1 is 1.16 bits per heavy atom. The largest absolute Gasteiger partial charge is 0.447 e. The normalized spacial score (nSPS) is 11.6. The molecule has 0 amide bonds. The van der Waals surface area contributed by atoms with Gasteiger partial charge in [0.15, 0.2) is 5.03 Å². The molecule has 7 heteroatoms. The number of anilines is 2. The van der Waals surface area contributed by atoms with Crippen LogP contribution in [-0.2, 0) is 10.0 Å². The summed E-state index contributed by atoms with van der Waals surface area (Å²) in [6.45, 7) is 0. The number of hydrogen-bond acceptors (Lipinski definition) is 4. The lowest BCUT2D eigenvalue weighted by molar-refractivity contribution is 0.562. The molecule has 19 heavy (non-hydrogen) atoms. The quantitative estimate of drug-likeness (QED) is 0.803. The van der Waals surface area contributed by atoms with Gasteiger partial charge in [-0.25, -0.2) is 0 Å². The van der Waals surface area contributed by atoms with Gasteiger partial charge in [-0.05, 0) is 35.7 Å². The van der Waals surface area contributed by atoms with E-state index < -0.39 is 10.0 Å². The minimum Gasteiger partial charge on any atom is -0.447 e. The van der Waals surface area contributed by atoms with Crippen LogP contribution >= 0.6 is 11.3 Å². The van der Waals surface area contributed by atoms with Crippen LogP contribution in [0.2, 0.25) is 0 Å². The molecule has 3 heterocycles. The molecular formula is C12H10N2O3S2. The minimum absolute atomic E-state index is 0.123. The highest BCUT2D eigenvalue weighted by molar-refractivity contribution is 7.93. The van der Waals surface area contributed by atoms with Crippen LogP contribution in [0.15, 0.2) is 63.7 Å². The van der Waals surface area contributed by atoms with E-state index in [1.807, 2.05) is 5.38 Å². The Morgan fingerprint density at radius 3 is 2.63 bits per heavy atom. The van der Waals surface area contributed by atoms with Gasteiger partial charge < -0.3 is 9.40 Å². The van der Waals surface area contributed by atoms with E-state index in [0.717, 1.165) is 0 Å². The number of nitrogens with one attached hydrogen (secondary N) is 1. The molecule has 0 fully saturated rings. The molecule has 5 nitrogen and oxygen atoms in total. The monoisotopic (exact) mass is 294 g/mol. The van der Waals surface area contributed by atoms with Crippen LogP contribution in [0.25, 0.3) is 0 Å². The summed E-state index contributed by atoms with van der Waals surface area (Å²) in [6.07, 6.45) is 3.02. The van der Waals surface area contributed by atoms with Gasteiger partial charge in [-0.3, -0.25) is 0 Å². The topological polar surface area (TPSA) is 66.3 Å². The fraction of sp³-hybridized carbons (Fsp3) is 0. The summed E-state index contributed by atoms with van der Waals surface area (Å²) < 4.78 is 31.7. The van der Waals surface area contributed by atoms with Crippen molar-refractivity contribution in [1.29, 1.82) is 0 Å². The lowest BCUT2D eigenvalue weighted by Crippen LogP contribution is -2.25. The summed E-state index contributed by atoms with van der Waals surface area (Å²) in [5.74, 6) is 0.261. The van der Waals surface area contributed by atoms with Crippen LogP contribution in [0, 0.1) is 0 Å². The summed E-state index contributed by atoms with van der Waals surface area (Å²) >= 11 is 1.33. The van der Waals surface area contributed by atoms with Crippen molar-refractivity contribution >= 4 is 32.2 Å². The molecule has 98 valence electrons. The van der Waals surface area contributed by atoms with Gasteiger partial charge in [-0.1, -0.05) is 0 Å². The zero-order valence-electron chi connectivity index (χ0n) is 9.68. The minimum atomic E-state index is -3.71. The number of nitrogens with zero attached hydrogens (tertiary/aromatic N) is 1. The Bertz CT molecular complexity index is 695. The van der Waals surface area contributed by atoms with Crippen molar-refractivity contribution < 1.29 is 12.8 Å². The van der Waals surface area contributed by atoms with Crippen molar-refractivity contribution in [3.05, 3.63) is 54.2 Å². The average Bonchev–Trinajstić information content (AvgIpc) is 3.14. The third-order valence-electron chi connectivity index (χ3n) is 2.50. The van der Waals surface area contributed by atoms with Crippen molar-refractivity contribution in [2.24, 2.45) is 0 Å². The number of hydrogen-bond donors (Lipinski definition) is 1. The molecule has 1 N–H and O–H groups in total. The van der Waals surface area contributed by atoms with E-state index in [2.05, 4.69) is 4.98 Å². The lowest BCUT2D eigenvalue weighted by atomic mass is 10.6. The van der Waals surface area contributed by atoms with Crippen LogP contribution in [0.4, 0.5) is 10.9 Å². The van der Waals surface area contributed by atoms with Crippen LogP contribution in [0.3, 0.4) is 0 Å². The van der Waals surface area contributed by atoms with Gasteiger partial charge >= 0.3 is 0 Å². The van der Waals surface area contributed by atoms with E-state index in [1.54, 1.807) is 36.5 Å². The number of sulfonamides is 1. The van der Waals surface area contributed by atoms with Crippen molar-refractivity contribution in [2.45, 2.75) is 5.03 Å². The molecule has 3 aromatic heterocycles. The van der Waals surface area contributed by atoms with Crippen molar-refractivity contribution in [3.63, 3.8) is 0 Å². The molecule has 0 saturated heterocycles. The molecule has 0 spiro atoms. The maximum atomic E-state index is 12.6. The first kappa shape index (κ1) is 12.1. The standard InChI is InChI=1S/C12H10N2O3S2/c15-19(16,10-4-1-7-13-10)14(11-5-2-8-17-11)12-6-3-9-18-12/h1-9,13H. The fourth-order valence-corrected chi connectivity index (χ4v) is 4.05. The van der Waals surface area contributed by atoms with Crippen LogP contribution in [0.5, 0.6) is 0 Å². The van der Waals surface area contributed by atoms with Crippen LogP contribution < -0.4 is 4.31 Å². The number of rotatable bonds is 4. The van der Waals surface area contributed by atoms with E-state index in [9.17, 15) is 8.42 Å². The third-order valence-corrected chi connectivity index (χ3v) is 5.14. The molecule has 3 aromatic rings. The molecule has 0 aliphatic rings. The number of H-pyrrole nitrogens is 1. The second-order valence-corrected chi connectivity index (χ2v) is 6.39. The first-order chi connectivity index (χ1) is 9.19. The van der Waals surface area contributed by atoms with Crippen molar-refractivity contribution in [2.75, 3.05) is 4.31 Å². The number of aromatic nitrogens is 1. The van der Waals surface area contributed by atoms with Gasteiger partial charge in [0.05, 0.1) is 6.26 Å². The van der Waals surface area contributed by atoms with Gasteiger partial charge in [0.25, 0.3) is 10.0 Å². The predicted octanol–water partition coefficient (Wildman–Crippen LogP) is 3.20. The van der Waals surface area contributed by atoms with Gasteiger partial charge in [-0.15, -0.1) is 11.3 Å². The molecule has 0 saturated carbocycles. The first-order valence-corrected chi connectivity index (χ1v) is 7.77. The Labute approximate surface area is 114 Å². The molecule has 0 unspecified atom stereocenters. The Hall–Kier alpha value is -1.99. The maximum Gasteiger partial charge on any atom is 0.287 e. The summed E-state index contributed by atoms with van der Waals surface area (Å²) in [6, 6.07) is 9.94. The van der Waals surface area contributed by atoms with E-state index in [1.165, 1.54) is 28.0 Å². The van der Waals surface area contributed by atoms with Crippen LogP contribution in [-0.4, -0.2) is 13.4 Å². The van der Waals surface area contributed by atoms with E-state index in [0.29, 0.717) is 5.00 Å². The molecule has 0 atom stereocenters. The molecule has 0 aromatic carbocycles. The highest BCUT2D eigenvalue weighted by Crippen LogP contribution is 2.35. The fourth-order valence-electron chi connectivity index (χ4n) is 1.69. The predicted molar refractivity (Wildman–Crippen MR) is 73.1 cm³/mol. The molecule has 0 aliphatic carbocycles. The first-order valence-electron chi connectivity index (χ1n) is 5.45. The molecule has 0 bridgehead atoms. The van der Waals surface area contributed by atoms with Crippen LogP contribution in [0.1, 0.15) is 0 Å². The number of thiophene rings is 1. The van der Waals surface area contributed by atoms with Gasteiger partial charge in [0.1, 0.15) is 5.00 Å². The van der Waals surface area contributed by atoms with E-state index >= 15 is 0 Å². The zero-order chi connectivity index (χ0) is 13.3. The molecule has 0 radical (unpaired) electrons. The maximum absolute atomic E-state index is 12.6. The summed E-state index contributed by atoms with van der Waals surface area (Å²) in [5.41, 5.74) is 0.